The lowest BCUT2D eigenvalue weighted by Crippen LogP contribution is -2.22. The summed E-state index contributed by atoms with van der Waals surface area (Å²) in [6.07, 6.45) is 9.28. The minimum absolute atomic E-state index is 0.198. The molecule has 0 aliphatic rings. The van der Waals surface area contributed by atoms with Gasteiger partial charge in [-0.3, -0.25) is 14.3 Å². The fourth-order valence-corrected chi connectivity index (χ4v) is 3.34. The number of benzene rings is 1. The molecule has 0 aliphatic carbocycles. The first kappa shape index (κ1) is 17.2. The minimum atomic E-state index is -0.730. The molecular weight excluding hydrogens is 376 g/mol. The third-order valence-corrected chi connectivity index (χ3v) is 4.83. The average Bonchev–Trinajstić information content (AvgIpc) is 3.19. The largest absolute Gasteiger partial charge is 0.306 e. The van der Waals surface area contributed by atoms with E-state index in [2.05, 4.69) is 15.0 Å². The second-order valence-corrected chi connectivity index (χ2v) is 6.58. The Morgan fingerprint density at radius 3 is 2.59 bits per heavy atom. The first-order chi connectivity index (χ1) is 14.1. The summed E-state index contributed by atoms with van der Waals surface area (Å²) in [5.41, 5.74) is 2.06. The van der Waals surface area contributed by atoms with Crippen molar-refractivity contribution in [1.82, 2.24) is 23.9 Å². The first-order valence-electron chi connectivity index (χ1n) is 8.81. The zero-order chi connectivity index (χ0) is 20.0. The molecule has 0 N–H and O–H groups in total. The van der Waals surface area contributed by atoms with Crippen molar-refractivity contribution in [2.45, 2.75) is 6.54 Å². The Kier molecular flexibility index (Phi) is 3.90. The summed E-state index contributed by atoms with van der Waals surface area (Å²) < 4.78 is 32.8. The second kappa shape index (κ2) is 6.59. The Hall–Kier alpha value is -3.94. The van der Waals surface area contributed by atoms with E-state index in [1.807, 2.05) is 0 Å². The van der Waals surface area contributed by atoms with E-state index in [0.717, 1.165) is 11.8 Å². The van der Waals surface area contributed by atoms with Crippen molar-refractivity contribution in [3.63, 3.8) is 0 Å². The molecule has 4 heterocycles. The van der Waals surface area contributed by atoms with E-state index >= 15 is 0 Å². The van der Waals surface area contributed by atoms with Gasteiger partial charge in [-0.1, -0.05) is 0 Å². The van der Waals surface area contributed by atoms with E-state index in [0.29, 0.717) is 22.2 Å². The monoisotopic (exact) mass is 389 g/mol. The summed E-state index contributed by atoms with van der Waals surface area (Å²) >= 11 is 0. The second-order valence-electron chi connectivity index (χ2n) is 6.58. The van der Waals surface area contributed by atoms with Crippen molar-refractivity contribution in [1.29, 1.82) is 0 Å². The van der Waals surface area contributed by atoms with E-state index in [9.17, 15) is 13.6 Å². The summed E-state index contributed by atoms with van der Waals surface area (Å²) in [4.78, 5) is 24.4. The van der Waals surface area contributed by atoms with Crippen LogP contribution in [0.4, 0.5) is 8.78 Å². The summed E-state index contributed by atoms with van der Waals surface area (Å²) in [6, 6.07) is 7.69. The maximum absolute atomic E-state index is 14.9. The van der Waals surface area contributed by atoms with Gasteiger partial charge < -0.3 is 4.40 Å². The molecule has 0 fully saturated rings. The molecule has 0 atom stereocenters. The zero-order valence-corrected chi connectivity index (χ0v) is 15.0. The highest BCUT2D eigenvalue weighted by Crippen LogP contribution is 2.25. The molecule has 5 rings (SSSR count). The zero-order valence-electron chi connectivity index (χ0n) is 15.0. The maximum Gasteiger partial charge on any atom is 0.269 e. The number of hydrogen-bond acceptors (Lipinski definition) is 4. The van der Waals surface area contributed by atoms with Crippen LogP contribution in [0.5, 0.6) is 0 Å². The van der Waals surface area contributed by atoms with Crippen LogP contribution in [0.1, 0.15) is 5.56 Å². The number of aromatic nitrogens is 5. The van der Waals surface area contributed by atoms with Crippen LogP contribution in [-0.4, -0.2) is 23.9 Å². The number of rotatable bonds is 3. The number of nitrogens with zero attached hydrogens (tertiary/aromatic N) is 5. The van der Waals surface area contributed by atoms with Crippen molar-refractivity contribution >= 4 is 16.7 Å². The third-order valence-electron chi connectivity index (χ3n) is 4.83. The fourth-order valence-electron chi connectivity index (χ4n) is 3.34. The normalized spacial score (nSPS) is 11.4. The van der Waals surface area contributed by atoms with Gasteiger partial charge in [0.25, 0.3) is 5.56 Å². The molecule has 0 spiro atoms. The molecule has 1 aromatic carbocycles. The molecular formula is C21H13F2N5O. The van der Waals surface area contributed by atoms with Crippen molar-refractivity contribution in [3.05, 3.63) is 95.1 Å². The predicted octanol–water partition coefficient (Wildman–Crippen LogP) is 3.43. The highest BCUT2D eigenvalue weighted by atomic mass is 19.1. The molecule has 8 heteroatoms. The van der Waals surface area contributed by atoms with Gasteiger partial charge in [-0.2, -0.15) is 0 Å². The lowest BCUT2D eigenvalue weighted by molar-refractivity contribution is 0.545. The highest BCUT2D eigenvalue weighted by molar-refractivity contribution is 5.73. The minimum Gasteiger partial charge on any atom is -0.306 e. The Morgan fingerprint density at radius 2 is 1.76 bits per heavy atom. The Labute approximate surface area is 162 Å². The highest BCUT2D eigenvalue weighted by Gasteiger charge is 2.15. The van der Waals surface area contributed by atoms with Crippen LogP contribution in [0.3, 0.4) is 0 Å². The van der Waals surface area contributed by atoms with Crippen LogP contribution >= 0.6 is 0 Å². The van der Waals surface area contributed by atoms with Gasteiger partial charge in [-0.05, 0) is 41.5 Å². The Bertz CT molecular complexity index is 1420. The van der Waals surface area contributed by atoms with Gasteiger partial charge in [0.15, 0.2) is 0 Å². The quantitative estimate of drug-likeness (QED) is 0.474. The molecule has 0 bridgehead atoms. The van der Waals surface area contributed by atoms with Gasteiger partial charge >= 0.3 is 0 Å². The summed E-state index contributed by atoms with van der Waals surface area (Å²) in [7, 11) is 0. The van der Waals surface area contributed by atoms with Gasteiger partial charge in [-0.15, -0.1) is 0 Å². The number of imidazole rings is 1. The lowest BCUT2D eigenvalue weighted by atomic mass is 10.0. The van der Waals surface area contributed by atoms with E-state index in [4.69, 9.17) is 0 Å². The number of fused-ring (bicyclic) bond motifs is 2. The molecule has 5 aromatic rings. The molecule has 0 saturated heterocycles. The van der Waals surface area contributed by atoms with E-state index < -0.39 is 17.2 Å². The molecule has 0 unspecified atom stereocenters. The summed E-state index contributed by atoms with van der Waals surface area (Å²) in [5.74, 6) is -1.46. The summed E-state index contributed by atoms with van der Waals surface area (Å²) in [6.45, 7) is -0.262. The smallest absolute Gasteiger partial charge is 0.269 e. The van der Waals surface area contributed by atoms with Crippen molar-refractivity contribution < 1.29 is 8.78 Å². The standard InChI is InChI=1S/C21H13F2N5O/c22-16-7-14(13-1-2-20-25-5-6-27(20)11-13)8-17(23)15(16)12-28-19-9-24-4-3-18(19)26-10-21(28)29/h1-11H,12H2. The van der Waals surface area contributed by atoms with Gasteiger partial charge in [0.2, 0.25) is 0 Å². The van der Waals surface area contributed by atoms with Crippen LogP contribution in [0.25, 0.3) is 27.8 Å². The SMILES string of the molecule is O=c1cnc2ccncc2n1Cc1c(F)cc(-c2ccc3nccn3c2)cc1F. The van der Waals surface area contributed by atoms with Crippen molar-refractivity contribution in [3.8, 4) is 11.1 Å². The van der Waals surface area contributed by atoms with Gasteiger partial charge in [0.1, 0.15) is 17.3 Å². The molecule has 0 amide bonds. The molecule has 142 valence electrons. The van der Waals surface area contributed by atoms with Crippen molar-refractivity contribution in [2.24, 2.45) is 0 Å². The van der Waals surface area contributed by atoms with Crippen molar-refractivity contribution in [2.75, 3.05) is 0 Å². The average molecular weight is 389 g/mol. The Balaban J connectivity index is 1.59. The number of pyridine rings is 2. The topological polar surface area (TPSA) is 65.1 Å². The number of hydrogen-bond donors (Lipinski definition) is 0. The van der Waals surface area contributed by atoms with E-state index in [1.165, 1.54) is 29.1 Å². The van der Waals surface area contributed by atoms with E-state index in [1.54, 1.807) is 41.2 Å². The maximum atomic E-state index is 14.9. The third kappa shape index (κ3) is 2.94. The lowest BCUT2D eigenvalue weighted by Gasteiger charge is -2.12. The van der Waals surface area contributed by atoms with Crippen LogP contribution < -0.4 is 5.56 Å². The van der Waals surface area contributed by atoms with Crippen LogP contribution in [0.15, 0.2) is 72.3 Å². The van der Waals surface area contributed by atoms with Gasteiger partial charge in [0.05, 0.1) is 30.0 Å². The Morgan fingerprint density at radius 1 is 0.931 bits per heavy atom. The molecule has 0 radical (unpaired) electrons. The predicted molar refractivity (Wildman–Crippen MR) is 103 cm³/mol. The van der Waals surface area contributed by atoms with Crippen LogP contribution in [0, 0.1) is 11.6 Å². The summed E-state index contributed by atoms with van der Waals surface area (Å²) in [5, 5.41) is 0. The fraction of sp³-hybridized carbons (Fsp3) is 0.0476. The molecule has 0 saturated carbocycles. The molecule has 29 heavy (non-hydrogen) atoms. The van der Waals surface area contributed by atoms with Crippen LogP contribution in [0.2, 0.25) is 0 Å². The van der Waals surface area contributed by atoms with Crippen LogP contribution in [-0.2, 0) is 6.54 Å². The first-order valence-corrected chi connectivity index (χ1v) is 8.81. The van der Waals surface area contributed by atoms with Gasteiger partial charge in [0, 0.05) is 30.4 Å². The molecule has 6 nitrogen and oxygen atoms in total. The van der Waals surface area contributed by atoms with E-state index in [-0.39, 0.29) is 12.1 Å². The number of halogens is 2. The molecule has 4 aromatic heterocycles. The van der Waals surface area contributed by atoms with Gasteiger partial charge in [-0.25, -0.2) is 18.7 Å². The molecule has 0 aliphatic heterocycles.